The Morgan fingerprint density at radius 3 is 2.37 bits per heavy atom. The van der Waals surface area contributed by atoms with Gasteiger partial charge in [-0.2, -0.15) is 4.72 Å². The first-order chi connectivity index (χ1) is 18.1. The van der Waals surface area contributed by atoms with E-state index in [2.05, 4.69) is 9.62 Å². The molecule has 0 spiro atoms. The molecule has 10 heteroatoms. The van der Waals surface area contributed by atoms with Gasteiger partial charge in [-0.1, -0.05) is 36.6 Å². The smallest absolute Gasteiger partial charge is 0.245 e. The van der Waals surface area contributed by atoms with E-state index in [-0.39, 0.29) is 22.8 Å². The third-order valence-corrected chi connectivity index (χ3v) is 9.41. The van der Waals surface area contributed by atoms with Crippen molar-refractivity contribution in [2.24, 2.45) is 0 Å². The minimum Gasteiger partial charge on any atom is -0.337 e. The summed E-state index contributed by atoms with van der Waals surface area (Å²) in [6.07, 6.45) is 5.23. The zero-order valence-electron chi connectivity index (χ0n) is 22.5. The second kappa shape index (κ2) is 12.3. The molecule has 2 fully saturated rings. The number of fused-ring (bicyclic) bond motifs is 1. The van der Waals surface area contributed by atoms with E-state index in [9.17, 15) is 18.0 Å². The number of likely N-dealkylation sites (tertiary alicyclic amines) is 2. The lowest BCUT2D eigenvalue weighted by atomic mass is 10.1. The molecule has 0 aromatic heterocycles. The fourth-order valence-corrected chi connectivity index (χ4v) is 6.86. The molecule has 2 heterocycles. The number of nitrogens with zero attached hydrogens (tertiary/aromatic N) is 3. The Morgan fingerprint density at radius 1 is 1.03 bits per heavy atom. The van der Waals surface area contributed by atoms with Crippen molar-refractivity contribution in [3.63, 3.8) is 0 Å². The van der Waals surface area contributed by atoms with Crippen LogP contribution in [0.4, 0.5) is 0 Å². The van der Waals surface area contributed by atoms with Gasteiger partial charge in [-0.25, -0.2) is 8.42 Å². The molecule has 208 valence electrons. The van der Waals surface area contributed by atoms with Crippen molar-refractivity contribution < 1.29 is 18.0 Å². The molecule has 2 amide bonds. The van der Waals surface area contributed by atoms with E-state index in [0.29, 0.717) is 24.5 Å². The Balaban J connectivity index is 1.39. The van der Waals surface area contributed by atoms with Gasteiger partial charge < -0.3 is 14.7 Å². The fourth-order valence-electron chi connectivity index (χ4n) is 5.42. The van der Waals surface area contributed by atoms with Crippen molar-refractivity contribution in [2.45, 2.75) is 75.9 Å². The molecular formula is C28H39ClN4O4S. The van der Waals surface area contributed by atoms with Gasteiger partial charge in [0.15, 0.2) is 0 Å². The predicted octanol–water partition coefficient (Wildman–Crippen LogP) is 3.87. The van der Waals surface area contributed by atoms with Crippen molar-refractivity contribution in [2.75, 3.05) is 32.7 Å². The van der Waals surface area contributed by atoms with Crippen LogP contribution >= 0.6 is 11.6 Å². The Bertz CT molecular complexity index is 1260. The Hall–Kier alpha value is -2.20. The first-order valence-electron chi connectivity index (χ1n) is 13.6. The summed E-state index contributed by atoms with van der Waals surface area (Å²) in [5.74, 6) is -0.460. The second-order valence-electron chi connectivity index (χ2n) is 10.7. The van der Waals surface area contributed by atoms with Crippen molar-refractivity contribution in [3.05, 3.63) is 41.4 Å². The van der Waals surface area contributed by atoms with E-state index in [1.165, 1.54) is 36.6 Å². The van der Waals surface area contributed by atoms with Crippen molar-refractivity contribution in [3.8, 4) is 0 Å². The van der Waals surface area contributed by atoms with Gasteiger partial charge in [0.25, 0.3) is 0 Å². The molecule has 1 N–H and O–H groups in total. The molecule has 2 aromatic rings. The molecule has 2 aliphatic heterocycles. The summed E-state index contributed by atoms with van der Waals surface area (Å²) in [7, 11) is -3.93. The first kappa shape index (κ1) is 28.8. The van der Waals surface area contributed by atoms with Gasteiger partial charge in [0.1, 0.15) is 12.1 Å². The monoisotopic (exact) mass is 562 g/mol. The highest BCUT2D eigenvalue weighted by Crippen LogP contribution is 2.24. The molecular weight excluding hydrogens is 524 g/mol. The Labute approximate surface area is 231 Å². The number of sulfonamides is 1. The van der Waals surface area contributed by atoms with Crippen LogP contribution in [-0.2, 0) is 19.6 Å². The fraction of sp³-hybridized carbons (Fsp3) is 0.571. The SMILES string of the molecule is CC(C)N(CCN1CCCCCC1)C(=O)[C@H](C)N1CC[C@H](NS(=O)(=O)c2ccc3cc(Cl)ccc3c2)C1=O. The number of rotatable bonds is 9. The molecule has 0 bridgehead atoms. The molecule has 2 aromatic carbocycles. The summed E-state index contributed by atoms with van der Waals surface area (Å²) in [6.45, 7) is 9.62. The van der Waals surface area contributed by atoms with Gasteiger partial charge in [-0.15, -0.1) is 0 Å². The van der Waals surface area contributed by atoms with Crippen LogP contribution in [0, 0.1) is 0 Å². The number of hydrogen-bond donors (Lipinski definition) is 1. The molecule has 38 heavy (non-hydrogen) atoms. The van der Waals surface area contributed by atoms with Crippen LogP contribution in [0.2, 0.25) is 5.02 Å². The number of benzene rings is 2. The summed E-state index contributed by atoms with van der Waals surface area (Å²) < 4.78 is 28.8. The highest BCUT2D eigenvalue weighted by atomic mass is 35.5. The van der Waals surface area contributed by atoms with E-state index in [0.717, 1.165) is 30.4 Å². The van der Waals surface area contributed by atoms with Crippen molar-refractivity contribution in [1.82, 2.24) is 19.4 Å². The third kappa shape index (κ3) is 6.68. The lowest BCUT2D eigenvalue weighted by Gasteiger charge is -2.34. The lowest BCUT2D eigenvalue weighted by molar-refractivity contribution is -0.144. The first-order valence-corrected chi connectivity index (χ1v) is 15.5. The average Bonchev–Trinajstić information content (AvgIpc) is 3.06. The van der Waals surface area contributed by atoms with Gasteiger partial charge in [0, 0.05) is 30.7 Å². The second-order valence-corrected chi connectivity index (χ2v) is 12.9. The van der Waals surface area contributed by atoms with E-state index in [4.69, 9.17) is 11.6 Å². The third-order valence-electron chi connectivity index (χ3n) is 7.71. The maximum Gasteiger partial charge on any atom is 0.245 e. The summed E-state index contributed by atoms with van der Waals surface area (Å²) in [6, 6.07) is 8.47. The topological polar surface area (TPSA) is 90.0 Å². The van der Waals surface area contributed by atoms with Crippen LogP contribution in [0.1, 0.15) is 52.9 Å². The Kier molecular flexibility index (Phi) is 9.34. The highest BCUT2D eigenvalue weighted by molar-refractivity contribution is 7.89. The van der Waals surface area contributed by atoms with Crippen LogP contribution in [0.25, 0.3) is 10.8 Å². The van der Waals surface area contributed by atoms with E-state index in [1.54, 1.807) is 37.3 Å². The number of nitrogens with one attached hydrogen (secondary N) is 1. The average molecular weight is 563 g/mol. The zero-order chi connectivity index (χ0) is 27.4. The minimum absolute atomic E-state index is 0.00622. The van der Waals surface area contributed by atoms with Gasteiger partial charge in [-0.05, 0) is 88.2 Å². The quantitative estimate of drug-likeness (QED) is 0.501. The molecule has 0 saturated carbocycles. The molecule has 2 aliphatic rings. The van der Waals surface area contributed by atoms with Gasteiger partial charge in [0.05, 0.1) is 4.90 Å². The van der Waals surface area contributed by atoms with Crippen LogP contribution in [0.15, 0.2) is 41.3 Å². The maximum absolute atomic E-state index is 13.5. The minimum atomic E-state index is -3.93. The number of halogens is 1. The highest BCUT2D eigenvalue weighted by Gasteiger charge is 2.40. The van der Waals surface area contributed by atoms with E-state index < -0.39 is 22.1 Å². The maximum atomic E-state index is 13.5. The van der Waals surface area contributed by atoms with Crippen LogP contribution in [0.5, 0.6) is 0 Å². The van der Waals surface area contributed by atoms with E-state index >= 15 is 0 Å². The van der Waals surface area contributed by atoms with Crippen molar-refractivity contribution >= 4 is 44.2 Å². The number of amides is 2. The normalized spacial score (nSPS) is 20.2. The van der Waals surface area contributed by atoms with Crippen LogP contribution in [-0.4, -0.2) is 85.8 Å². The Morgan fingerprint density at radius 2 is 1.68 bits per heavy atom. The summed E-state index contributed by atoms with van der Waals surface area (Å²) >= 11 is 6.03. The number of hydrogen-bond acceptors (Lipinski definition) is 5. The molecule has 8 nitrogen and oxygen atoms in total. The molecule has 2 atom stereocenters. The molecule has 4 rings (SSSR count). The number of carbonyl (C=O) groups is 2. The molecule has 0 radical (unpaired) electrons. The zero-order valence-corrected chi connectivity index (χ0v) is 24.1. The van der Waals surface area contributed by atoms with Gasteiger partial charge in [-0.3, -0.25) is 9.59 Å². The van der Waals surface area contributed by atoms with Crippen LogP contribution in [0.3, 0.4) is 0 Å². The van der Waals surface area contributed by atoms with Gasteiger partial charge in [0.2, 0.25) is 21.8 Å². The molecule has 0 unspecified atom stereocenters. The van der Waals surface area contributed by atoms with Crippen molar-refractivity contribution in [1.29, 1.82) is 0 Å². The summed E-state index contributed by atoms with van der Waals surface area (Å²) in [5.41, 5.74) is 0. The lowest BCUT2D eigenvalue weighted by Crippen LogP contribution is -2.53. The molecule has 0 aliphatic carbocycles. The van der Waals surface area contributed by atoms with Crippen LogP contribution < -0.4 is 4.72 Å². The largest absolute Gasteiger partial charge is 0.337 e. The summed E-state index contributed by atoms with van der Waals surface area (Å²) in [4.78, 5) is 32.6. The number of carbonyl (C=O) groups excluding carboxylic acids is 2. The summed E-state index contributed by atoms with van der Waals surface area (Å²) in [5, 5.41) is 2.15. The predicted molar refractivity (Wildman–Crippen MR) is 151 cm³/mol. The van der Waals surface area contributed by atoms with E-state index in [1.807, 2.05) is 18.7 Å². The standard InChI is InChI=1S/C28H39ClN4O4S/c1-20(2)32(17-16-31-13-6-4-5-7-14-31)27(34)21(3)33-15-12-26(28(33)35)30-38(36,37)25-11-9-22-18-24(29)10-8-23(22)19-25/h8-11,18-21,26,30H,4-7,12-17H2,1-3H3/t21-,26-/m0/s1. The molecule has 2 saturated heterocycles. The van der Waals surface area contributed by atoms with Gasteiger partial charge >= 0.3 is 0 Å².